The predicted molar refractivity (Wildman–Crippen MR) is 80.2 cm³/mol. The van der Waals surface area contributed by atoms with Crippen LogP contribution in [0.5, 0.6) is 0 Å². The summed E-state index contributed by atoms with van der Waals surface area (Å²) in [5.41, 5.74) is 0.966. The van der Waals surface area contributed by atoms with E-state index in [-0.39, 0.29) is 10.3 Å². The second-order valence-corrected chi connectivity index (χ2v) is 6.27. The number of halogens is 2. The number of hydrogen-bond acceptors (Lipinski definition) is 3. The number of nitriles is 1. The molecule has 20 heavy (non-hydrogen) atoms. The van der Waals surface area contributed by atoms with Gasteiger partial charge in [0.15, 0.2) is 5.82 Å². The van der Waals surface area contributed by atoms with Crippen LogP contribution in [0.4, 0.5) is 10.1 Å². The highest BCUT2D eigenvalue weighted by atomic mass is 79.9. The van der Waals surface area contributed by atoms with Crippen LogP contribution in [0, 0.1) is 17.1 Å². The van der Waals surface area contributed by atoms with E-state index in [9.17, 15) is 4.39 Å². The second kappa shape index (κ2) is 5.71. The molecule has 3 rings (SSSR count). The Labute approximate surface area is 126 Å². The van der Waals surface area contributed by atoms with Crippen molar-refractivity contribution in [2.45, 2.75) is 37.8 Å². The third-order valence-corrected chi connectivity index (χ3v) is 5.13. The lowest BCUT2D eigenvalue weighted by molar-refractivity contribution is 0.477. The maximum Gasteiger partial charge on any atom is 0.161 e. The Kier molecular flexibility index (Phi) is 3.95. The molecule has 106 valence electrons. The van der Waals surface area contributed by atoms with E-state index >= 15 is 0 Å². The fourth-order valence-corrected chi connectivity index (χ4v) is 3.82. The predicted octanol–water partition coefficient (Wildman–Crippen LogP) is 3.18. The maximum atomic E-state index is 14.5. The van der Waals surface area contributed by atoms with Crippen molar-refractivity contribution in [3.05, 3.63) is 28.0 Å². The first kappa shape index (κ1) is 13.8. The zero-order valence-corrected chi connectivity index (χ0v) is 12.8. The third-order valence-electron chi connectivity index (χ3n) is 4.35. The van der Waals surface area contributed by atoms with Gasteiger partial charge in [-0.05, 0) is 60.3 Å². The van der Waals surface area contributed by atoms with Gasteiger partial charge < -0.3 is 10.2 Å². The minimum Gasteiger partial charge on any atom is -0.365 e. The van der Waals surface area contributed by atoms with Crippen LogP contribution in [0.15, 0.2) is 16.6 Å². The highest BCUT2D eigenvalue weighted by Gasteiger charge is 2.34. The van der Waals surface area contributed by atoms with Crippen molar-refractivity contribution >= 4 is 21.6 Å². The van der Waals surface area contributed by atoms with Gasteiger partial charge in [-0.3, -0.25) is 0 Å². The van der Waals surface area contributed by atoms with Crippen molar-refractivity contribution in [3.8, 4) is 6.07 Å². The fraction of sp³-hybridized carbons (Fsp3) is 0.533. The first-order valence-corrected chi connectivity index (χ1v) is 7.90. The molecule has 2 aliphatic heterocycles. The van der Waals surface area contributed by atoms with Gasteiger partial charge in [0.2, 0.25) is 0 Å². The summed E-state index contributed by atoms with van der Waals surface area (Å²) in [6, 6.07) is 6.27. The second-order valence-electron chi connectivity index (χ2n) is 5.48. The highest BCUT2D eigenvalue weighted by Crippen LogP contribution is 2.35. The van der Waals surface area contributed by atoms with E-state index in [0.717, 1.165) is 25.9 Å². The Balaban J connectivity index is 1.92. The minimum absolute atomic E-state index is 0.280. The van der Waals surface area contributed by atoms with E-state index in [4.69, 9.17) is 5.26 Å². The van der Waals surface area contributed by atoms with E-state index < -0.39 is 0 Å². The lowest BCUT2D eigenvalue weighted by Gasteiger charge is -2.31. The molecule has 0 spiro atoms. The quantitative estimate of drug-likeness (QED) is 0.900. The third kappa shape index (κ3) is 2.32. The van der Waals surface area contributed by atoms with E-state index in [1.54, 1.807) is 12.1 Å². The lowest BCUT2D eigenvalue weighted by Crippen LogP contribution is -2.44. The molecular formula is C15H17BrFN3. The molecule has 2 fully saturated rings. The van der Waals surface area contributed by atoms with Crippen LogP contribution in [0.25, 0.3) is 0 Å². The minimum atomic E-state index is -0.311. The van der Waals surface area contributed by atoms with Gasteiger partial charge in [0, 0.05) is 18.6 Å². The average molecular weight is 338 g/mol. The maximum absolute atomic E-state index is 14.5. The van der Waals surface area contributed by atoms with E-state index in [1.165, 1.54) is 12.8 Å². The summed E-state index contributed by atoms with van der Waals surface area (Å²) in [5.74, 6) is -0.311. The van der Waals surface area contributed by atoms with Crippen LogP contribution < -0.4 is 10.2 Å². The molecule has 0 radical (unpaired) electrons. The Hall–Kier alpha value is -1.12. The molecule has 0 aliphatic carbocycles. The van der Waals surface area contributed by atoms with Gasteiger partial charge >= 0.3 is 0 Å². The largest absolute Gasteiger partial charge is 0.365 e. The number of benzene rings is 1. The number of nitrogens with zero attached hydrogens (tertiary/aromatic N) is 2. The monoisotopic (exact) mass is 337 g/mol. The number of hydrogen-bond donors (Lipinski definition) is 1. The van der Waals surface area contributed by atoms with E-state index in [2.05, 4.69) is 26.1 Å². The van der Waals surface area contributed by atoms with Crippen molar-refractivity contribution in [1.82, 2.24) is 5.32 Å². The zero-order valence-electron chi connectivity index (χ0n) is 11.2. The summed E-state index contributed by atoms with van der Waals surface area (Å²) in [6.07, 6.45) is 4.57. The summed E-state index contributed by atoms with van der Waals surface area (Å²) in [6.45, 7) is 1.95. The lowest BCUT2D eigenvalue weighted by atomic mass is 10.0. The van der Waals surface area contributed by atoms with Crippen LogP contribution in [0.1, 0.15) is 31.2 Å². The van der Waals surface area contributed by atoms with Gasteiger partial charge in [0.05, 0.1) is 15.7 Å². The molecule has 1 aromatic rings. The fourth-order valence-electron chi connectivity index (χ4n) is 3.40. The SMILES string of the molecule is N#Cc1ccc(N2CCCC2C2CCCN2)c(F)c1Br. The molecule has 2 saturated heterocycles. The van der Waals surface area contributed by atoms with Crippen molar-refractivity contribution in [1.29, 1.82) is 5.26 Å². The summed E-state index contributed by atoms with van der Waals surface area (Å²) in [5, 5.41) is 12.5. The summed E-state index contributed by atoms with van der Waals surface area (Å²) in [7, 11) is 0. The van der Waals surface area contributed by atoms with Crippen molar-refractivity contribution in [3.63, 3.8) is 0 Å². The molecule has 0 amide bonds. The molecular weight excluding hydrogens is 321 g/mol. The molecule has 0 bridgehead atoms. The molecule has 0 saturated carbocycles. The summed E-state index contributed by atoms with van der Waals surface area (Å²) in [4.78, 5) is 2.17. The Morgan fingerprint density at radius 2 is 2.20 bits per heavy atom. The van der Waals surface area contributed by atoms with Crippen LogP contribution in [-0.2, 0) is 0 Å². The standard InChI is InChI=1S/C15H17BrFN3/c16-14-10(9-18)5-6-13(15(14)17)20-8-2-4-12(20)11-3-1-7-19-11/h5-6,11-12,19H,1-4,7-8H2. The molecule has 2 atom stereocenters. The van der Waals surface area contributed by atoms with Crippen LogP contribution >= 0.6 is 15.9 Å². The van der Waals surface area contributed by atoms with Gasteiger partial charge in [-0.1, -0.05) is 0 Å². The molecule has 2 heterocycles. The normalized spacial score (nSPS) is 25.9. The molecule has 5 heteroatoms. The molecule has 1 aromatic carbocycles. The Bertz CT molecular complexity index is 549. The Morgan fingerprint density at radius 1 is 1.35 bits per heavy atom. The van der Waals surface area contributed by atoms with Crippen molar-refractivity contribution in [2.24, 2.45) is 0 Å². The van der Waals surface area contributed by atoms with Gasteiger partial charge in [0.1, 0.15) is 6.07 Å². The zero-order chi connectivity index (χ0) is 14.1. The molecule has 2 aliphatic rings. The summed E-state index contributed by atoms with van der Waals surface area (Å²) < 4.78 is 14.8. The van der Waals surface area contributed by atoms with Gasteiger partial charge in [-0.15, -0.1) is 0 Å². The average Bonchev–Trinajstić information content (AvgIpc) is 3.11. The van der Waals surface area contributed by atoms with E-state index in [1.807, 2.05) is 6.07 Å². The van der Waals surface area contributed by atoms with Crippen LogP contribution in [0.3, 0.4) is 0 Å². The van der Waals surface area contributed by atoms with Crippen LogP contribution in [0.2, 0.25) is 0 Å². The first-order valence-electron chi connectivity index (χ1n) is 7.10. The van der Waals surface area contributed by atoms with Crippen molar-refractivity contribution < 1.29 is 4.39 Å². The smallest absolute Gasteiger partial charge is 0.161 e. The number of rotatable bonds is 2. The molecule has 3 nitrogen and oxygen atoms in total. The van der Waals surface area contributed by atoms with E-state index in [0.29, 0.717) is 23.3 Å². The number of nitrogens with one attached hydrogen (secondary N) is 1. The Morgan fingerprint density at radius 3 is 2.90 bits per heavy atom. The topological polar surface area (TPSA) is 39.1 Å². The highest BCUT2D eigenvalue weighted by molar-refractivity contribution is 9.10. The first-order chi connectivity index (χ1) is 9.72. The van der Waals surface area contributed by atoms with Gasteiger partial charge in [0.25, 0.3) is 0 Å². The van der Waals surface area contributed by atoms with Crippen LogP contribution in [-0.4, -0.2) is 25.2 Å². The van der Waals surface area contributed by atoms with Gasteiger partial charge in [-0.2, -0.15) is 5.26 Å². The van der Waals surface area contributed by atoms with Crippen molar-refractivity contribution in [2.75, 3.05) is 18.0 Å². The molecule has 1 N–H and O–H groups in total. The summed E-state index contributed by atoms with van der Waals surface area (Å²) >= 11 is 3.20. The number of anilines is 1. The van der Waals surface area contributed by atoms with Gasteiger partial charge in [-0.25, -0.2) is 4.39 Å². The molecule has 2 unspecified atom stereocenters. The molecule has 0 aromatic heterocycles.